The molecule has 0 aliphatic carbocycles. The molecule has 1 aliphatic rings. The molecular weight excluding hydrogens is 358 g/mol. The molecule has 1 fully saturated rings. The number of aromatic nitrogens is 4. The first kappa shape index (κ1) is 17.8. The number of benzene rings is 1. The molecule has 1 N–H and O–H groups in total. The van der Waals surface area contributed by atoms with E-state index >= 15 is 0 Å². The van der Waals surface area contributed by atoms with Gasteiger partial charge in [-0.1, -0.05) is 6.07 Å². The summed E-state index contributed by atoms with van der Waals surface area (Å²) in [5.74, 6) is 2.31. The van der Waals surface area contributed by atoms with Gasteiger partial charge in [-0.15, -0.1) is 0 Å². The van der Waals surface area contributed by atoms with E-state index in [-0.39, 0.29) is 6.03 Å². The highest BCUT2D eigenvalue weighted by molar-refractivity contribution is 5.89. The number of carbonyl (C=O) groups is 1. The minimum Gasteiger partial charge on any atom is -0.497 e. The summed E-state index contributed by atoms with van der Waals surface area (Å²) >= 11 is 0. The summed E-state index contributed by atoms with van der Waals surface area (Å²) in [5, 5.41) is 2.92. The zero-order valence-electron chi connectivity index (χ0n) is 15.5. The molecule has 0 saturated carbocycles. The van der Waals surface area contributed by atoms with Gasteiger partial charge in [0.05, 0.1) is 7.11 Å². The number of amides is 2. The summed E-state index contributed by atoms with van der Waals surface area (Å²) in [4.78, 5) is 29.2. The van der Waals surface area contributed by atoms with Gasteiger partial charge in [-0.05, 0) is 12.1 Å². The monoisotopic (exact) mass is 379 g/mol. The lowest BCUT2D eigenvalue weighted by Crippen LogP contribution is -2.50. The summed E-state index contributed by atoms with van der Waals surface area (Å²) in [7, 11) is 1.60. The molecule has 1 saturated heterocycles. The van der Waals surface area contributed by atoms with E-state index in [1.807, 2.05) is 35.0 Å². The maximum absolute atomic E-state index is 12.5. The van der Waals surface area contributed by atoms with Crippen molar-refractivity contribution < 1.29 is 9.53 Å². The van der Waals surface area contributed by atoms with Crippen molar-refractivity contribution in [3.8, 4) is 11.6 Å². The second kappa shape index (κ2) is 7.95. The van der Waals surface area contributed by atoms with Crippen LogP contribution in [-0.4, -0.2) is 63.7 Å². The van der Waals surface area contributed by atoms with Gasteiger partial charge in [-0.3, -0.25) is 4.57 Å². The lowest BCUT2D eigenvalue weighted by Gasteiger charge is -2.35. The van der Waals surface area contributed by atoms with Gasteiger partial charge in [-0.25, -0.2) is 19.7 Å². The molecule has 2 aromatic heterocycles. The molecule has 9 heteroatoms. The third-order valence-electron chi connectivity index (χ3n) is 4.62. The van der Waals surface area contributed by atoms with Crippen LogP contribution in [0.25, 0.3) is 5.82 Å². The molecule has 0 radical (unpaired) electrons. The van der Waals surface area contributed by atoms with E-state index in [9.17, 15) is 4.79 Å². The molecule has 144 valence electrons. The van der Waals surface area contributed by atoms with Crippen LogP contribution in [0.2, 0.25) is 0 Å². The Balaban J connectivity index is 1.37. The van der Waals surface area contributed by atoms with E-state index in [2.05, 4.69) is 25.2 Å². The number of carbonyl (C=O) groups excluding carboxylic acids is 1. The molecular formula is C19H21N7O2. The number of nitrogens with zero attached hydrogens (tertiary/aromatic N) is 6. The van der Waals surface area contributed by atoms with Crippen LogP contribution < -0.4 is 15.0 Å². The van der Waals surface area contributed by atoms with Crippen LogP contribution in [0.4, 0.5) is 16.3 Å². The average molecular weight is 379 g/mol. The largest absolute Gasteiger partial charge is 0.497 e. The lowest BCUT2D eigenvalue weighted by atomic mass is 10.3. The molecule has 0 spiro atoms. The Kier molecular flexibility index (Phi) is 5.05. The quantitative estimate of drug-likeness (QED) is 0.746. The van der Waals surface area contributed by atoms with Crippen molar-refractivity contribution in [3.63, 3.8) is 0 Å². The predicted octanol–water partition coefficient (Wildman–Crippen LogP) is 2.02. The zero-order chi connectivity index (χ0) is 19.3. The molecule has 4 rings (SSSR count). The number of hydrogen-bond acceptors (Lipinski definition) is 6. The van der Waals surface area contributed by atoms with Crippen LogP contribution in [-0.2, 0) is 0 Å². The second-order valence-corrected chi connectivity index (χ2v) is 6.34. The Hall–Kier alpha value is -3.62. The normalized spacial score (nSPS) is 14.0. The average Bonchev–Trinajstić information content (AvgIpc) is 3.29. The number of nitrogens with one attached hydrogen (secondary N) is 1. The first-order valence-electron chi connectivity index (χ1n) is 8.98. The summed E-state index contributed by atoms with van der Waals surface area (Å²) in [6.45, 7) is 2.62. The first-order chi connectivity index (χ1) is 13.7. The van der Waals surface area contributed by atoms with Gasteiger partial charge in [0.25, 0.3) is 0 Å². The molecule has 3 aromatic rings. The second-order valence-electron chi connectivity index (χ2n) is 6.34. The third kappa shape index (κ3) is 3.88. The van der Waals surface area contributed by atoms with Crippen molar-refractivity contribution in [1.29, 1.82) is 0 Å². The number of urea groups is 1. The van der Waals surface area contributed by atoms with E-state index in [0.717, 1.165) is 11.6 Å². The number of hydrogen-bond donors (Lipinski definition) is 1. The highest BCUT2D eigenvalue weighted by Crippen LogP contribution is 2.19. The first-order valence-corrected chi connectivity index (χ1v) is 8.98. The Morgan fingerprint density at radius 3 is 2.68 bits per heavy atom. The van der Waals surface area contributed by atoms with Crippen molar-refractivity contribution in [2.45, 2.75) is 0 Å². The van der Waals surface area contributed by atoms with Gasteiger partial charge in [0.15, 0.2) is 0 Å². The van der Waals surface area contributed by atoms with E-state index in [1.54, 1.807) is 36.9 Å². The maximum atomic E-state index is 12.5. The minimum atomic E-state index is -0.116. The van der Waals surface area contributed by atoms with Gasteiger partial charge >= 0.3 is 6.03 Å². The van der Waals surface area contributed by atoms with Crippen LogP contribution in [0.5, 0.6) is 5.75 Å². The van der Waals surface area contributed by atoms with Crippen LogP contribution >= 0.6 is 0 Å². The van der Waals surface area contributed by atoms with Crippen molar-refractivity contribution >= 4 is 17.5 Å². The van der Waals surface area contributed by atoms with Crippen LogP contribution in [0, 0.1) is 0 Å². The molecule has 1 aliphatic heterocycles. The Labute approximate surface area is 162 Å². The lowest BCUT2D eigenvalue weighted by molar-refractivity contribution is 0.208. The van der Waals surface area contributed by atoms with Gasteiger partial charge < -0.3 is 19.9 Å². The smallest absolute Gasteiger partial charge is 0.321 e. The molecule has 0 atom stereocenters. The van der Waals surface area contributed by atoms with Crippen molar-refractivity contribution in [1.82, 2.24) is 24.4 Å². The highest BCUT2D eigenvalue weighted by Gasteiger charge is 2.22. The minimum absolute atomic E-state index is 0.116. The highest BCUT2D eigenvalue weighted by atomic mass is 16.5. The molecule has 1 aromatic carbocycles. The number of anilines is 2. The number of piperazine rings is 1. The molecule has 0 unspecified atom stereocenters. The number of ether oxygens (including phenoxy) is 1. The van der Waals surface area contributed by atoms with Gasteiger partial charge in [-0.2, -0.15) is 0 Å². The van der Waals surface area contributed by atoms with Crippen LogP contribution in [0.3, 0.4) is 0 Å². The SMILES string of the molecule is COc1cccc(NC(=O)N2CCN(c3cc(-n4ccnc4)ncn3)CC2)c1. The number of rotatable bonds is 4. The summed E-state index contributed by atoms with van der Waals surface area (Å²) in [6.07, 6.45) is 6.80. The van der Waals surface area contributed by atoms with Crippen LogP contribution in [0.1, 0.15) is 0 Å². The number of methoxy groups -OCH3 is 1. The van der Waals surface area contributed by atoms with Crippen molar-refractivity contribution in [2.75, 3.05) is 43.5 Å². The van der Waals surface area contributed by atoms with E-state index in [1.165, 1.54) is 0 Å². The molecule has 3 heterocycles. The third-order valence-corrected chi connectivity index (χ3v) is 4.62. The fraction of sp³-hybridized carbons (Fsp3) is 0.263. The Morgan fingerprint density at radius 2 is 1.93 bits per heavy atom. The fourth-order valence-electron chi connectivity index (χ4n) is 3.09. The maximum Gasteiger partial charge on any atom is 0.321 e. The number of imidazole rings is 1. The summed E-state index contributed by atoms with van der Waals surface area (Å²) in [6, 6.07) is 9.14. The Morgan fingerprint density at radius 1 is 1.11 bits per heavy atom. The molecule has 0 bridgehead atoms. The topological polar surface area (TPSA) is 88.4 Å². The standard InChI is InChI=1S/C19H21N7O2/c1-28-16-4-2-3-15(11-16)23-19(27)25-9-7-24(8-10-25)17-12-18(22-13-21-17)26-6-5-20-14-26/h2-6,11-14H,7-10H2,1H3,(H,23,27). The van der Waals surface area contributed by atoms with Gasteiger partial charge in [0.2, 0.25) is 0 Å². The van der Waals surface area contributed by atoms with Gasteiger partial charge in [0.1, 0.15) is 30.0 Å². The predicted molar refractivity (Wildman–Crippen MR) is 105 cm³/mol. The molecule has 28 heavy (non-hydrogen) atoms. The molecule has 2 amide bonds. The van der Waals surface area contributed by atoms with E-state index < -0.39 is 0 Å². The zero-order valence-corrected chi connectivity index (χ0v) is 15.5. The Bertz CT molecular complexity index is 937. The van der Waals surface area contributed by atoms with Crippen molar-refractivity contribution in [3.05, 3.63) is 55.4 Å². The van der Waals surface area contributed by atoms with E-state index in [4.69, 9.17) is 4.74 Å². The summed E-state index contributed by atoms with van der Waals surface area (Å²) < 4.78 is 7.03. The summed E-state index contributed by atoms with van der Waals surface area (Å²) in [5.41, 5.74) is 0.715. The fourth-order valence-corrected chi connectivity index (χ4v) is 3.09. The van der Waals surface area contributed by atoms with Crippen molar-refractivity contribution in [2.24, 2.45) is 0 Å². The van der Waals surface area contributed by atoms with Crippen LogP contribution in [0.15, 0.2) is 55.4 Å². The van der Waals surface area contributed by atoms with Gasteiger partial charge in [0, 0.05) is 56.4 Å². The van der Waals surface area contributed by atoms with E-state index in [0.29, 0.717) is 37.6 Å². The molecule has 9 nitrogen and oxygen atoms in total.